The summed E-state index contributed by atoms with van der Waals surface area (Å²) in [5.41, 5.74) is 2.54. The largest absolute Gasteiger partial charge is 0.465 e. The van der Waals surface area contributed by atoms with E-state index in [-0.39, 0.29) is 0 Å². The summed E-state index contributed by atoms with van der Waals surface area (Å²) in [4.78, 5) is 4.93. The molecule has 24 heavy (non-hydrogen) atoms. The Morgan fingerprint density at radius 2 is 1.62 bits per heavy atom. The summed E-state index contributed by atoms with van der Waals surface area (Å²) < 4.78 is 5.97. The Labute approximate surface area is 142 Å². The predicted molar refractivity (Wildman–Crippen MR) is 96.1 cm³/mol. The van der Waals surface area contributed by atoms with Crippen molar-refractivity contribution >= 4 is 11.7 Å². The van der Waals surface area contributed by atoms with Gasteiger partial charge in [-0.15, -0.1) is 0 Å². The number of nitrogens with one attached hydrogen (secondary N) is 1. The third kappa shape index (κ3) is 2.31. The molecule has 2 aliphatic carbocycles. The van der Waals surface area contributed by atoms with Gasteiger partial charge >= 0.3 is 0 Å². The molecule has 5 rings (SSSR count). The number of aliphatic imine (C=N–C) groups is 1. The highest BCUT2D eigenvalue weighted by Crippen LogP contribution is 2.57. The van der Waals surface area contributed by atoms with Crippen LogP contribution in [0.5, 0.6) is 0 Å². The van der Waals surface area contributed by atoms with Gasteiger partial charge in [0.1, 0.15) is 0 Å². The van der Waals surface area contributed by atoms with E-state index in [0.717, 1.165) is 18.2 Å². The van der Waals surface area contributed by atoms with Crippen LogP contribution in [0.3, 0.4) is 0 Å². The number of hydrogen-bond donors (Lipinski definition) is 1. The van der Waals surface area contributed by atoms with Crippen molar-refractivity contribution in [3.05, 3.63) is 66.2 Å². The monoisotopic (exact) mass is 318 g/mol. The molecular weight excluding hydrogens is 296 g/mol. The molecule has 1 N–H and O–H groups in total. The van der Waals surface area contributed by atoms with E-state index in [0.29, 0.717) is 29.8 Å². The quantitative estimate of drug-likeness (QED) is 0.896. The smallest absolute Gasteiger partial charge is 0.289 e. The molecule has 2 aromatic carbocycles. The zero-order valence-electron chi connectivity index (χ0n) is 13.6. The van der Waals surface area contributed by atoms with Crippen LogP contribution in [-0.4, -0.2) is 18.7 Å². The minimum Gasteiger partial charge on any atom is -0.465 e. The minimum atomic E-state index is 0.440. The Hall–Kier alpha value is -2.29. The number of ether oxygens (including phenoxy) is 1. The molecule has 0 spiro atoms. The summed E-state index contributed by atoms with van der Waals surface area (Å²) in [5.74, 6) is 2.71. The second-order valence-corrected chi connectivity index (χ2v) is 7.30. The van der Waals surface area contributed by atoms with Gasteiger partial charge in [0.25, 0.3) is 6.02 Å². The highest BCUT2D eigenvalue weighted by atomic mass is 16.5. The first kappa shape index (κ1) is 14.1. The second-order valence-electron chi connectivity index (χ2n) is 7.30. The minimum absolute atomic E-state index is 0.440. The Morgan fingerprint density at radius 1 is 0.875 bits per heavy atom. The van der Waals surface area contributed by atoms with Crippen molar-refractivity contribution in [1.82, 2.24) is 0 Å². The van der Waals surface area contributed by atoms with E-state index >= 15 is 0 Å². The van der Waals surface area contributed by atoms with Gasteiger partial charge in [-0.25, -0.2) is 4.99 Å². The van der Waals surface area contributed by atoms with Crippen molar-refractivity contribution in [2.75, 3.05) is 11.9 Å². The number of benzene rings is 2. The van der Waals surface area contributed by atoms with E-state index in [1.165, 1.54) is 18.4 Å². The number of para-hydroxylation sites is 1. The lowest BCUT2D eigenvalue weighted by atomic mass is 9.75. The molecule has 0 unspecified atom stereocenters. The Balaban J connectivity index is 1.34. The maximum atomic E-state index is 5.97. The van der Waals surface area contributed by atoms with Crippen molar-refractivity contribution in [2.45, 2.75) is 24.8 Å². The van der Waals surface area contributed by atoms with E-state index in [1.807, 2.05) is 30.3 Å². The van der Waals surface area contributed by atoms with E-state index in [2.05, 4.69) is 35.6 Å². The summed E-state index contributed by atoms with van der Waals surface area (Å²) in [6.07, 6.45) is 2.58. The number of hydrogen-bond acceptors (Lipinski definition) is 3. The maximum absolute atomic E-state index is 5.97. The Kier molecular flexibility index (Phi) is 3.32. The normalized spacial score (nSPS) is 33.5. The number of rotatable bonds is 2. The van der Waals surface area contributed by atoms with Gasteiger partial charge in [0.05, 0.1) is 12.6 Å². The molecule has 0 aromatic heterocycles. The van der Waals surface area contributed by atoms with E-state index in [4.69, 9.17) is 9.73 Å². The number of nitrogens with zero attached hydrogens (tertiary/aromatic N) is 1. The summed E-state index contributed by atoms with van der Waals surface area (Å²) in [6, 6.07) is 22.3. The summed E-state index contributed by atoms with van der Waals surface area (Å²) in [7, 11) is 0. The molecule has 5 atom stereocenters. The zero-order valence-corrected chi connectivity index (χ0v) is 13.6. The SMILES string of the molecule is c1ccc(NC2=N[C@H]3[C@H]4C[C@@H]([C@H]3CO2)[C@@H](c2ccccc2)C4)cc1. The summed E-state index contributed by atoms with van der Waals surface area (Å²) in [5, 5.41) is 3.32. The van der Waals surface area contributed by atoms with Gasteiger partial charge in [0.2, 0.25) is 0 Å². The predicted octanol–water partition coefficient (Wildman–Crippen LogP) is 4.29. The van der Waals surface area contributed by atoms with Gasteiger partial charge in [-0.3, -0.25) is 0 Å². The van der Waals surface area contributed by atoms with Gasteiger partial charge in [-0.2, -0.15) is 0 Å². The fourth-order valence-electron chi connectivity index (χ4n) is 5.03. The highest BCUT2D eigenvalue weighted by Gasteiger charge is 2.54. The van der Waals surface area contributed by atoms with E-state index < -0.39 is 0 Å². The molecule has 0 radical (unpaired) electrons. The van der Waals surface area contributed by atoms with Crippen LogP contribution >= 0.6 is 0 Å². The fourth-order valence-corrected chi connectivity index (χ4v) is 5.03. The molecule has 1 aliphatic heterocycles. The standard InChI is InChI=1S/C21H22N2O/c1-3-7-14(8-4-1)17-11-15-12-18(17)19-13-24-21(23-20(15)19)22-16-9-5-2-6-10-16/h1-10,15,17-20H,11-13H2,(H,22,23)/t15-,17-,18-,19-,20+/m1/s1. The van der Waals surface area contributed by atoms with Gasteiger partial charge in [0.15, 0.2) is 0 Å². The van der Waals surface area contributed by atoms with Crippen LogP contribution < -0.4 is 5.32 Å². The van der Waals surface area contributed by atoms with E-state index in [1.54, 1.807) is 0 Å². The van der Waals surface area contributed by atoms with Gasteiger partial charge < -0.3 is 10.1 Å². The van der Waals surface area contributed by atoms with Crippen LogP contribution in [0.25, 0.3) is 0 Å². The topological polar surface area (TPSA) is 33.6 Å². The van der Waals surface area contributed by atoms with Crippen LogP contribution in [0, 0.1) is 17.8 Å². The maximum Gasteiger partial charge on any atom is 0.289 e. The zero-order chi connectivity index (χ0) is 15.9. The number of fused-ring (bicyclic) bond motifs is 5. The molecule has 3 aliphatic rings. The van der Waals surface area contributed by atoms with Crippen molar-refractivity contribution in [1.29, 1.82) is 0 Å². The van der Waals surface area contributed by atoms with Crippen LogP contribution in [-0.2, 0) is 4.74 Å². The molecule has 2 fully saturated rings. The van der Waals surface area contributed by atoms with Crippen molar-refractivity contribution < 1.29 is 4.74 Å². The average Bonchev–Trinajstić information content (AvgIpc) is 3.23. The van der Waals surface area contributed by atoms with Crippen molar-refractivity contribution in [2.24, 2.45) is 22.7 Å². The summed E-state index contributed by atoms with van der Waals surface area (Å²) >= 11 is 0. The van der Waals surface area contributed by atoms with Crippen LogP contribution in [0.4, 0.5) is 5.69 Å². The molecule has 2 aromatic rings. The van der Waals surface area contributed by atoms with Gasteiger partial charge in [-0.1, -0.05) is 48.5 Å². The van der Waals surface area contributed by atoms with Crippen LogP contribution in [0.15, 0.2) is 65.7 Å². The molecule has 3 nitrogen and oxygen atoms in total. The highest BCUT2D eigenvalue weighted by molar-refractivity contribution is 5.89. The lowest BCUT2D eigenvalue weighted by molar-refractivity contribution is 0.132. The average molecular weight is 318 g/mol. The van der Waals surface area contributed by atoms with Crippen molar-refractivity contribution in [3.8, 4) is 0 Å². The molecule has 2 bridgehead atoms. The molecule has 3 heteroatoms. The first-order valence-electron chi connectivity index (χ1n) is 8.96. The lowest BCUT2D eigenvalue weighted by Crippen LogP contribution is -2.40. The molecule has 0 amide bonds. The summed E-state index contributed by atoms with van der Waals surface area (Å²) in [6.45, 7) is 0.799. The molecule has 122 valence electrons. The fraction of sp³-hybridized carbons (Fsp3) is 0.381. The lowest BCUT2D eigenvalue weighted by Gasteiger charge is -2.37. The number of amidine groups is 1. The second kappa shape index (κ2) is 5.66. The Morgan fingerprint density at radius 3 is 2.42 bits per heavy atom. The van der Waals surface area contributed by atoms with Crippen LogP contribution in [0.2, 0.25) is 0 Å². The number of anilines is 1. The van der Waals surface area contributed by atoms with Gasteiger partial charge in [0, 0.05) is 11.6 Å². The van der Waals surface area contributed by atoms with Crippen LogP contribution in [0.1, 0.15) is 24.3 Å². The third-order valence-corrected chi connectivity index (χ3v) is 6.05. The molecule has 2 saturated carbocycles. The molecular formula is C21H22N2O. The van der Waals surface area contributed by atoms with Crippen molar-refractivity contribution in [3.63, 3.8) is 0 Å². The van der Waals surface area contributed by atoms with Gasteiger partial charge in [-0.05, 0) is 48.3 Å². The molecule has 1 heterocycles. The first-order valence-corrected chi connectivity index (χ1v) is 8.96. The first-order chi connectivity index (χ1) is 11.9. The van der Waals surface area contributed by atoms with E-state index in [9.17, 15) is 0 Å². The molecule has 0 saturated heterocycles. The third-order valence-electron chi connectivity index (χ3n) is 6.05. The Bertz CT molecular complexity index is 743.